The first-order valence-electron chi connectivity index (χ1n) is 6.68. The lowest BCUT2D eigenvalue weighted by atomic mass is 10.00. The van der Waals surface area contributed by atoms with Crippen molar-refractivity contribution in [2.75, 3.05) is 6.54 Å². The van der Waals surface area contributed by atoms with Crippen LogP contribution < -0.4 is 5.32 Å². The summed E-state index contributed by atoms with van der Waals surface area (Å²) < 4.78 is 5.76. The van der Waals surface area contributed by atoms with E-state index >= 15 is 0 Å². The van der Waals surface area contributed by atoms with Crippen LogP contribution in [-0.4, -0.2) is 6.54 Å². The number of rotatable bonds is 4. The van der Waals surface area contributed by atoms with E-state index in [2.05, 4.69) is 46.0 Å². The van der Waals surface area contributed by atoms with E-state index < -0.39 is 0 Å². The predicted octanol–water partition coefficient (Wildman–Crippen LogP) is 4.10. The summed E-state index contributed by atoms with van der Waals surface area (Å²) in [5.74, 6) is 0.674. The van der Waals surface area contributed by atoms with Gasteiger partial charge in [-0.15, -0.1) is 0 Å². The maximum atomic E-state index is 5.76. The van der Waals surface area contributed by atoms with Crippen molar-refractivity contribution < 1.29 is 4.42 Å². The third kappa shape index (κ3) is 2.44. The fourth-order valence-corrected chi connectivity index (χ4v) is 2.41. The molecule has 0 atom stereocenters. The van der Waals surface area contributed by atoms with Crippen LogP contribution in [0.3, 0.4) is 0 Å². The van der Waals surface area contributed by atoms with Crippen molar-refractivity contribution in [3.05, 3.63) is 34.6 Å². The molecule has 98 valence electrons. The monoisotopic (exact) mass is 245 g/mol. The Kier molecular flexibility index (Phi) is 3.76. The molecule has 2 nitrogen and oxygen atoms in total. The summed E-state index contributed by atoms with van der Waals surface area (Å²) in [4.78, 5) is 0. The lowest BCUT2D eigenvalue weighted by Crippen LogP contribution is -2.18. The van der Waals surface area contributed by atoms with Crippen LogP contribution in [0.5, 0.6) is 0 Å². The quantitative estimate of drug-likeness (QED) is 0.877. The van der Waals surface area contributed by atoms with Gasteiger partial charge < -0.3 is 9.73 Å². The second-order valence-electron chi connectivity index (χ2n) is 5.63. The van der Waals surface area contributed by atoms with Gasteiger partial charge >= 0.3 is 0 Å². The van der Waals surface area contributed by atoms with Crippen LogP contribution in [0, 0.1) is 26.7 Å². The third-order valence-corrected chi connectivity index (χ3v) is 3.49. The summed E-state index contributed by atoms with van der Waals surface area (Å²) in [5, 5.41) is 4.77. The third-order valence-electron chi connectivity index (χ3n) is 3.49. The van der Waals surface area contributed by atoms with Crippen LogP contribution in [0.15, 0.2) is 16.7 Å². The first-order valence-corrected chi connectivity index (χ1v) is 6.68. The number of fused-ring (bicyclic) bond motifs is 1. The van der Waals surface area contributed by atoms with Gasteiger partial charge in [-0.05, 0) is 49.9 Å². The molecule has 2 heteroatoms. The molecule has 0 fully saturated rings. The second-order valence-corrected chi connectivity index (χ2v) is 5.63. The van der Waals surface area contributed by atoms with Gasteiger partial charge in [-0.25, -0.2) is 0 Å². The van der Waals surface area contributed by atoms with E-state index in [4.69, 9.17) is 4.42 Å². The largest absolute Gasteiger partial charge is 0.464 e. The molecular formula is C16H23NO. The Labute approximate surface area is 109 Å². The molecule has 1 aromatic carbocycles. The van der Waals surface area contributed by atoms with Crippen molar-refractivity contribution in [3.63, 3.8) is 0 Å². The van der Waals surface area contributed by atoms with Crippen molar-refractivity contribution in [3.8, 4) is 0 Å². The molecule has 0 saturated heterocycles. The van der Waals surface area contributed by atoms with E-state index in [1.807, 2.05) is 6.26 Å². The molecule has 0 amide bonds. The smallest absolute Gasteiger partial charge is 0.137 e. The van der Waals surface area contributed by atoms with Crippen molar-refractivity contribution >= 4 is 11.0 Å². The zero-order valence-corrected chi connectivity index (χ0v) is 12.1. The highest BCUT2D eigenvalue weighted by atomic mass is 16.3. The van der Waals surface area contributed by atoms with Crippen molar-refractivity contribution in [1.82, 2.24) is 5.32 Å². The van der Waals surface area contributed by atoms with E-state index in [-0.39, 0.29) is 0 Å². The predicted molar refractivity (Wildman–Crippen MR) is 77.0 cm³/mol. The minimum Gasteiger partial charge on any atom is -0.464 e. The van der Waals surface area contributed by atoms with Gasteiger partial charge in [0.2, 0.25) is 0 Å². The number of nitrogens with one attached hydrogen (secondary N) is 1. The van der Waals surface area contributed by atoms with Crippen molar-refractivity contribution in [1.29, 1.82) is 0 Å². The van der Waals surface area contributed by atoms with Crippen LogP contribution in [-0.2, 0) is 6.54 Å². The Morgan fingerprint density at radius 3 is 2.56 bits per heavy atom. The first kappa shape index (κ1) is 13.2. The zero-order valence-electron chi connectivity index (χ0n) is 12.1. The molecule has 0 aliphatic heterocycles. The van der Waals surface area contributed by atoms with Gasteiger partial charge in [0.05, 0.1) is 6.26 Å². The second kappa shape index (κ2) is 5.15. The standard InChI is InChI=1S/C16H23NO/c1-10(2)7-17-8-14-9-18-16-13(5)11(3)6-12(4)15(14)16/h6,9-10,17H,7-8H2,1-5H3. The Morgan fingerprint density at radius 2 is 1.89 bits per heavy atom. The molecule has 0 aliphatic rings. The van der Waals surface area contributed by atoms with Crippen LogP contribution in [0.4, 0.5) is 0 Å². The molecule has 1 heterocycles. The average molecular weight is 245 g/mol. The lowest BCUT2D eigenvalue weighted by molar-refractivity contribution is 0.546. The molecule has 0 aliphatic carbocycles. The molecule has 2 aromatic rings. The van der Waals surface area contributed by atoms with Gasteiger partial charge in [0.1, 0.15) is 5.58 Å². The number of aryl methyl sites for hydroxylation is 3. The molecule has 0 spiro atoms. The fraction of sp³-hybridized carbons (Fsp3) is 0.500. The molecule has 0 unspecified atom stereocenters. The maximum absolute atomic E-state index is 5.76. The van der Waals surface area contributed by atoms with Crippen LogP contribution >= 0.6 is 0 Å². The Hall–Kier alpha value is -1.28. The summed E-state index contributed by atoms with van der Waals surface area (Å²) in [7, 11) is 0. The Bertz CT molecular complexity index is 552. The van der Waals surface area contributed by atoms with Crippen LogP contribution in [0.2, 0.25) is 0 Å². The Morgan fingerprint density at radius 1 is 1.17 bits per heavy atom. The lowest BCUT2D eigenvalue weighted by Gasteiger charge is -2.08. The minimum absolute atomic E-state index is 0.674. The fourth-order valence-electron chi connectivity index (χ4n) is 2.41. The Balaban J connectivity index is 2.33. The summed E-state index contributed by atoms with van der Waals surface area (Å²) in [6, 6.07) is 2.25. The topological polar surface area (TPSA) is 25.2 Å². The molecule has 18 heavy (non-hydrogen) atoms. The number of hydrogen-bond acceptors (Lipinski definition) is 2. The summed E-state index contributed by atoms with van der Waals surface area (Å²) in [5.41, 5.74) is 6.19. The highest BCUT2D eigenvalue weighted by Gasteiger charge is 2.12. The molecule has 0 bridgehead atoms. The van der Waals surface area contributed by atoms with E-state index in [1.54, 1.807) is 0 Å². The number of benzene rings is 1. The van der Waals surface area contributed by atoms with Crippen LogP contribution in [0.25, 0.3) is 11.0 Å². The van der Waals surface area contributed by atoms with Gasteiger partial charge in [0, 0.05) is 17.5 Å². The first-order chi connectivity index (χ1) is 8.50. The van der Waals surface area contributed by atoms with E-state index in [9.17, 15) is 0 Å². The van der Waals surface area contributed by atoms with Gasteiger partial charge in [-0.3, -0.25) is 0 Å². The number of hydrogen-bond donors (Lipinski definition) is 1. The van der Waals surface area contributed by atoms with Crippen molar-refractivity contribution in [2.24, 2.45) is 5.92 Å². The van der Waals surface area contributed by atoms with E-state index in [0.717, 1.165) is 18.7 Å². The molecule has 2 rings (SSSR count). The summed E-state index contributed by atoms with van der Waals surface area (Å²) >= 11 is 0. The summed E-state index contributed by atoms with van der Waals surface area (Å²) in [6.07, 6.45) is 1.90. The molecule has 1 N–H and O–H groups in total. The van der Waals surface area contributed by atoms with Crippen molar-refractivity contribution in [2.45, 2.75) is 41.2 Å². The van der Waals surface area contributed by atoms with Gasteiger partial charge in [-0.1, -0.05) is 19.9 Å². The average Bonchev–Trinajstić information content (AvgIpc) is 2.70. The van der Waals surface area contributed by atoms with Gasteiger partial charge in [0.15, 0.2) is 0 Å². The number of furan rings is 1. The molecule has 0 saturated carbocycles. The summed E-state index contributed by atoms with van der Waals surface area (Å²) in [6.45, 7) is 12.8. The highest BCUT2D eigenvalue weighted by molar-refractivity contribution is 5.87. The van der Waals surface area contributed by atoms with E-state index in [1.165, 1.54) is 27.6 Å². The molecule has 1 aromatic heterocycles. The zero-order chi connectivity index (χ0) is 13.3. The van der Waals surface area contributed by atoms with Gasteiger partial charge in [-0.2, -0.15) is 0 Å². The van der Waals surface area contributed by atoms with Crippen LogP contribution in [0.1, 0.15) is 36.1 Å². The minimum atomic E-state index is 0.674. The van der Waals surface area contributed by atoms with Gasteiger partial charge in [0.25, 0.3) is 0 Å². The normalized spacial score (nSPS) is 11.7. The highest BCUT2D eigenvalue weighted by Crippen LogP contribution is 2.29. The molecule has 0 radical (unpaired) electrons. The van der Waals surface area contributed by atoms with E-state index in [0.29, 0.717) is 5.92 Å². The molecular weight excluding hydrogens is 222 g/mol. The maximum Gasteiger partial charge on any atom is 0.137 e. The SMILES string of the molecule is Cc1cc(C)c2c(CNCC(C)C)coc2c1C.